The van der Waals surface area contributed by atoms with Crippen molar-refractivity contribution in [2.45, 2.75) is 59.9 Å². The van der Waals surface area contributed by atoms with E-state index in [9.17, 15) is 0 Å². The summed E-state index contributed by atoms with van der Waals surface area (Å²) in [6.45, 7) is 11.8. The normalized spacial score (nSPS) is 13.9. The van der Waals surface area contributed by atoms with Crippen LogP contribution in [0.25, 0.3) is 0 Å². The standard InChI is InChI=1S/C13H26N2/c1-11(2)9-12(3)15-8-6-7-13(4,5)10-14/h11-12,15H,6-9H2,1-5H3. The van der Waals surface area contributed by atoms with Crippen molar-refractivity contribution >= 4 is 0 Å². The van der Waals surface area contributed by atoms with Gasteiger partial charge in [-0.15, -0.1) is 0 Å². The summed E-state index contributed by atoms with van der Waals surface area (Å²) in [5.41, 5.74) is -0.164. The van der Waals surface area contributed by atoms with E-state index >= 15 is 0 Å². The molecule has 1 unspecified atom stereocenters. The molecule has 0 saturated carbocycles. The summed E-state index contributed by atoms with van der Waals surface area (Å²) < 4.78 is 0. The topological polar surface area (TPSA) is 35.8 Å². The molecule has 15 heavy (non-hydrogen) atoms. The molecule has 0 rings (SSSR count). The highest BCUT2D eigenvalue weighted by molar-refractivity contribution is 4.91. The van der Waals surface area contributed by atoms with Crippen LogP contribution in [0.1, 0.15) is 53.9 Å². The van der Waals surface area contributed by atoms with E-state index in [4.69, 9.17) is 5.26 Å². The maximum absolute atomic E-state index is 8.85. The second kappa shape index (κ2) is 6.85. The third-order valence-corrected chi connectivity index (χ3v) is 2.60. The van der Waals surface area contributed by atoms with Gasteiger partial charge in [0.2, 0.25) is 0 Å². The maximum atomic E-state index is 8.85. The number of nitrogens with zero attached hydrogens (tertiary/aromatic N) is 1. The lowest BCUT2D eigenvalue weighted by molar-refractivity contribution is 0.396. The van der Waals surface area contributed by atoms with Crippen LogP contribution < -0.4 is 5.32 Å². The molecule has 0 fully saturated rings. The van der Waals surface area contributed by atoms with E-state index in [0.717, 1.165) is 25.3 Å². The van der Waals surface area contributed by atoms with Gasteiger partial charge in [0.15, 0.2) is 0 Å². The van der Waals surface area contributed by atoms with E-state index < -0.39 is 0 Å². The van der Waals surface area contributed by atoms with Gasteiger partial charge in [-0.05, 0) is 52.5 Å². The first-order chi connectivity index (χ1) is 6.87. The molecule has 0 spiro atoms. The Morgan fingerprint density at radius 3 is 2.33 bits per heavy atom. The second-order valence-corrected chi connectivity index (χ2v) is 5.58. The third-order valence-electron chi connectivity index (χ3n) is 2.60. The van der Waals surface area contributed by atoms with E-state index in [1.54, 1.807) is 0 Å². The molecule has 0 heterocycles. The van der Waals surface area contributed by atoms with Gasteiger partial charge in [-0.3, -0.25) is 0 Å². The molecule has 88 valence electrons. The molecule has 0 amide bonds. The monoisotopic (exact) mass is 210 g/mol. The van der Waals surface area contributed by atoms with Crippen LogP contribution in [0.5, 0.6) is 0 Å². The van der Waals surface area contributed by atoms with Gasteiger partial charge in [0.05, 0.1) is 11.5 Å². The molecule has 0 saturated heterocycles. The molecule has 2 heteroatoms. The lowest BCUT2D eigenvalue weighted by Crippen LogP contribution is -2.28. The Balaban J connectivity index is 3.51. The van der Waals surface area contributed by atoms with Gasteiger partial charge in [0.1, 0.15) is 0 Å². The molecule has 0 radical (unpaired) electrons. The van der Waals surface area contributed by atoms with Gasteiger partial charge in [-0.25, -0.2) is 0 Å². The number of rotatable bonds is 7. The van der Waals surface area contributed by atoms with Crippen molar-refractivity contribution in [1.82, 2.24) is 5.32 Å². The zero-order valence-corrected chi connectivity index (χ0v) is 10.9. The summed E-state index contributed by atoms with van der Waals surface area (Å²) in [7, 11) is 0. The van der Waals surface area contributed by atoms with E-state index in [0.29, 0.717) is 6.04 Å². The Hall–Kier alpha value is -0.550. The fraction of sp³-hybridized carbons (Fsp3) is 0.923. The Morgan fingerprint density at radius 2 is 1.87 bits per heavy atom. The molecular formula is C13H26N2. The van der Waals surface area contributed by atoms with Crippen LogP contribution in [0, 0.1) is 22.7 Å². The molecule has 0 aliphatic rings. The molecular weight excluding hydrogens is 184 g/mol. The highest BCUT2D eigenvalue weighted by Crippen LogP contribution is 2.20. The van der Waals surface area contributed by atoms with Crippen molar-refractivity contribution in [3.63, 3.8) is 0 Å². The summed E-state index contributed by atoms with van der Waals surface area (Å²) >= 11 is 0. The van der Waals surface area contributed by atoms with Crippen LogP contribution in [-0.4, -0.2) is 12.6 Å². The highest BCUT2D eigenvalue weighted by Gasteiger charge is 2.15. The lowest BCUT2D eigenvalue weighted by atomic mass is 9.90. The highest BCUT2D eigenvalue weighted by atomic mass is 14.9. The molecule has 0 aromatic carbocycles. The van der Waals surface area contributed by atoms with Crippen molar-refractivity contribution in [3.05, 3.63) is 0 Å². The average Bonchev–Trinajstić information content (AvgIpc) is 2.11. The Bertz CT molecular complexity index is 201. The molecule has 0 aliphatic carbocycles. The zero-order valence-electron chi connectivity index (χ0n) is 10.9. The van der Waals surface area contributed by atoms with Gasteiger partial charge in [0.25, 0.3) is 0 Å². The van der Waals surface area contributed by atoms with Crippen molar-refractivity contribution in [3.8, 4) is 6.07 Å². The Morgan fingerprint density at radius 1 is 1.27 bits per heavy atom. The molecule has 1 atom stereocenters. The smallest absolute Gasteiger partial charge is 0.0683 e. The average molecular weight is 210 g/mol. The first-order valence-electron chi connectivity index (χ1n) is 6.02. The second-order valence-electron chi connectivity index (χ2n) is 5.58. The van der Waals surface area contributed by atoms with E-state index in [2.05, 4.69) is 32.2 Å². The zero-order chi connectivity index (χ0) is 11.9. The first-order valence-corrected chi connectivity index (χ1v) is 6.02. The predicted molar refractivity (Wildman–Crippen MR) is 65.5 cm³/mol. The van der Waals surface area contributed by atoms with Crippen LogP contribution in [-0.2, 0) is 0 Å². The fourth-order valence-electron chi connectivity index (χ4n) is 1.73. The minimum Gasteiger partial charge on any atom is -0.314 e. The summed E-state index contributed by atoms with van der Waals surface area (Å²) in [6, 6.07) is 2.93. The number of hydrogen-bond acceptors (Lipinski definition) is 2. The summed E-state index contributed by atoms with van der Waals surface area (Å²) in [4.78, 5) is 0. The van der Waals surface area contributed by atoms with Crippen LogP contribution in [0.4, 0.5) is 0 Å². The fourth-order valence-corrected chi connectivity index (χ4v) is 1.73. The minimum atomic E-state index is -0.164. The number of hydrogen-bond donors (Lipinski definition) is 1. The summed E-state index contributed by atoms with van der Waals surface area (Å²) in [5, 5.41) is 12.4. The van der Waals surface area contributed by atoms with Crippen LogP contribution in [0.15, 0.2) is 0 Å². The van der Waals surface area contributed by atoms with Crippen molar-refractivity contribution in [2.24, 2.45) is 11.3 Å². The van der Waals surface area contributed by atoms with E-state index in [-0.39, 0.29) is 5.41 Å². The first kappa shape index (κ1) is 14.5. The Kier molecular flexibility index (Phi) is 6.60. The molecule has 1 N–H and O–H groups in total. The van der Waals surface area contributed by atoms with E-state index in [1.807, 2.05) is 13.8 Å². The largest absolute Gasteiger partial charge is 0.314 e. The quantitative estimate of drug-likeness (QED) is 0.654. The summed E-state index contributed by atoms with van der Waals surface area (Å²) in [5.74, 6) is 0.753. The van der Waals surface area contributed by atoms with Crippen LogP contribution >= 0.6 is 0 Å². The van der Waals surface area contributed by atoms with Crippen LogP contribution in [0.2, 0.25) is 0 Å². The summed E-state index contributed by atoms with van der Waals surface area (Å²) in [6.07, 6.45) is 3.29. The predicted octanol–water partition coefficient (Wildman–Crippen LogP) is 3.34. The Labute approximate surface area is 95.1 Å². The molecule has 0 aliphatic heterocycles. The molecule has 0 aromatic rings. The molecule has 0 bridgehead atoms. The van der Waals surface area contributed by atoms with Gasteiger partial charge in [-0.1, -0.05) is 13.8 Å². The van der Waals surface area contributed by atoms with E-state index in [1.165, 1.54) is 6.42 Å². The lowest BCUT2D eigenvalue weighted by Gasteiger charge is -2.18. The van der Waals surface area contributed by atoms with Crippen LogP contribution in [0.3, 0.4) is 0 Å². The minimum absolute atomic E-state index is 0.164. The van der Waals surface area contributed by atoms with Gasteiger partial charge >= 0.3 is 0 Å². The SMILES string of the molecule is CC(C)CC(C)NCCCC(C)(C)C#N. The number of nitriles is 1. The van der Waals surface area contributed by atoms with Gasteiger partial charge < -0.3 is 5.32 Å². The number of nitrogens with one attached hydrogen (secondary N) is 1. The van der Waals surface area contributed by atoms with Crippen molar-refractivity contribution < 1.29 is 0 Å². The van der Waals surface area contributed by atoms with Gasteiger partial charge in [0, 0.05) is 6.04 Å². The third kappa shape index (κ3) is 8.44. The molecule has 0 aromatic heterocycles. The van der Waals surface area contributed by atoms with Gasteiger partial charge in [-0.2, -0.15) is 5.26 Å². The molecule has 2 nitrogen and oxygen atoms in total. The van der Waals surface area contributed by atoms with Crippen molar-refractivity contribution in [2.75, 3.05) is 6.54 Å². The van der Waals surface area contributed by atoms with Crippen molar-refractivity contribution in [1.29, 1.82) is 5.26 Å². The maximum Gasteiger partial charge on any atom is 0.0683 e.